The van der Waals surface area contributed by atoms with Crippen LogP contribution >= 0.6 is 0 Å². The lowest BCUT2D eigenvalue weighted by Gasteiger charge is -2.10. The third-order valence-corrected chi connectivity index (χ3v) is 4.94. The fourth-order valence-corrected chi connectivity index (χ4v) is 2.89. The Balaban J connectivity index is 0.000000301. The van der Waals surface area contributed by atoms with Crippen LogP contribution < -0.4 is 11.1 Å². The molecule has 0 saturated heterocycles. The smallest absolute Gasteiger partial charge is 0.133 e. The fourth-order valence-electron chi connectivity index (χ4n) is 2.89. The number of aromatic nitrogens is 3. The molecule has 1 aliphatic rings. The van der Waals surface area contributed by atoms with Crippen molar-refractivity contribution in [1.82, 2.24) is 15.0 Å². The monoisotopic (exact) mass is 432 g/mol. The molecule has 168 valence electrons. The van der Waals surface area contributed by atoms with Crippen LogP contribution in [0.15, 0.2) is 49.4 Å². The highest BCUT2D eigenvalue weighted by atomic mass is 16.2. The van der Waals surface area contributed by atoms with Gasteiger partial charge in [-0.1, -0.05) is 13.0 Å². The number of nitrogens with one attached hydrogen (secondary N) is 1. The van der Waals surface area contributed by atoms with Crippen LogP contribution in [0, 0.1) is 17.2 Å². The molecule has 0 spiro atoms. The first kappa shape index (κ1) is 24.8. The van der Waals surface area contributed by atoms with Gasteiger partial charge in [0.2, 0.25) is 0 Å². The number of pyridine rings is 3. The summed E-state index contributed by atoms with van der Waals surface area (Å²) >= 11 is 0. The van der Waals surface area contributed by atoms with Crippen LogP contribution in [0.5, 0.6) is 0 Å². The second-order valence-corrected chi connectivity index (χ2v) is 7.44. The first-order chi connectivity index (χ1) is 15.6. The molecule has 0 aliphatic heterocycles. The van der Waals surface area contributed by atoms with Gasteiger partial charge in [0.1, 0.15) is 11.6 Å². The Bertz CT molecular complexity index is 1060. The van der Waals surface area contributed by atoms with Crippen molar-refractivity contribution < 1.29 is 5.11 Å². The van der Waals surface area contributed by atoms with Gasteiger partial charge in [0, 0.05) is 49.6 Å². The summed E-state index contributed by atoms with van der Waals surface area (Å²) in [7, 11) is 1.82. The van der Waals surface area contributed by atoms with Crippen molar-refractivity contribution in [3.05, 3.63) is 55.0 Å². The molecule has 0 atom stereocenters. The molecule has 7 nitrogen and oxygen atoms in total. The Morgan fingerprint density at radius 1 is 1.34 bits per heavy atom. The molecule has 0 unspecified atom stereocenters. The molecule has 32 heavy (non-hydrogen) atoms. The van der Waals surface area contributed by atoms with E-state index in [1.54, 1.807) is 18.6 Å². The van der Waals surface area contributed by atoms with E-state index in [0.29, 0.717) is 12.2 Å². The van der Waals surface area contributed by atoms with Gasteiger partial charge in [0.15, 0.2) is 0 Å². The number of nitrogens with zero attached hydrogens (tertiary/aromatic N) is 4. The Labute approximate surface area is 190 Å². The zero-order valence-corrected chi connectivity index (χ0v) is 18.9. The molecule has 1 fully saturated rings. The number of nitrogen functional groups attached to an aromatic ring is 1. The van der Waals surface area contributed by atoms with Gasteiger partial charge in [-0.15, -0.1) is 6.58 Å². The summed E-state index contributed by atoms with van der Waals surface area (Å²) in [6, 6.07) is 7.91. The number of aliphatic hydroxyl groups is 1. The SMILES string of the molecule is C=CCC.CNc1cc2cc(-c3cnccc3CCO)nc(N)c2cn1.N#CCC1CC1. The number of hydrogen-bond acceptors (Lipinski definition) is 7. The summed E-state index contributed by atoms with van der Waals surface area (Å²) in [5, 5.41) is 22.0. The maximum absolute atomic E-state index is 9.20. The number of allylic oxidation sites excluding steroid dienone is 1. The minimum atomic E-state index is 0.0773. The van der Waals surface area contributed by atoms with Crippen molar-refractivity contribution in [2.45, 2.75) is 39.0 Å². The van der Waals surface area contributed by atoms with Gasteiger partial charge >= 0.3 is 0 Å². The second kappa shape index (κ2) is 13.0. The van der Waals surface area contributed by atoms with Crippen molar-refractivity contribution in [2.75, 3.05) is 24.7 Å². The number of rotatable bonds is 6. The van der Waals surface area contributed by atoms with Gasteiger partial charge in [-0.25, -0.2) is 9.97 Å². The standard InChI is InChI=1S/C16H17N5O.C5H7N.C4H8/c1-18-15-7-11-6-14(21-16(17)13(11)9-20-15)12-8-19-4-2-10(12)3-5-22;6-4-3-5-1-2-5;1-3-4-2/h2,4,6-9,22H,3,5H2,1H3,(H2,17,21)(H,18,20);5H,1-3H2;3H,1,4H2,2H3. The van der Waals surface area contributed by atoms with Crippen LogP contribution in [0.3, 0.4) is 0 Å². The predicted octanol–water partition coefficient (Wildman–Crippen LogP) is 4.74. The summed E-state index contributed by atoms with van der Waals surface area (Å²) in [5.41, 5.74) is 8.69. The van der Waals surface area contributed by atoms with Crippen molar-refractivity contribution in [1.29, 1.82) is 5.26 Å². The first-order valence-electron chi connectivity index (χ1n) is 10.8. The molecule has 3 aromatic heterocycles. The second-order valence-electron chi connectivity index (χ2n) is 7.44. The molecule has 0 bridgehead atoms. The number of anilines is 2. The van der Waals surface area contributed by atoms with Crippen LogP contribution in [0.1, 0.15) is 38.2 Å². The van der Waals surface area contributed by atoms with E-state index in [4.69, 9.17) is 11.0 Å². The summed E-state index contributed by atoms with van der Waals surface area (Å²) in [4.78, 5) is 12.9. The molecule has 3 aromatic rings. The lowest BCUT2D eigenvalue weighted by atomic mass is 10.0. The average molecular weight is 433 g/mol. The van der Waals surface area contributed by atoms with Crippen molar-refractivity contribution in [3.8, 4) is 17.3 Å². The van der Waals surface area contributed by atoms with Gasteiger partial charge in [-0.05, 0) is 60.7 Å². The van der Waals surface area contributed by atoms with E-state index >= 15 is 0 Å². The van der Waals surface area contributed by atoms with Crippen LogP contribution in [-0.4, -0.2) is 33.7 Å². The summed E-state index contributed by atoms with van der Waals surface area (Å²) in [5.74, 6) is 1.99. The Kier molecular flexibility index (Phi) is 10.1. The van der Waals surface area contributed by atoms with E-state index in [0.717, 1.165) is 52.2 Å². The van der Waals surface area contributed by atoms with Gasteiger partial charge in [-0.2, -0.15) is 5.26 Å². The number of nitrogens with two attached hydrogens (primary N) is 1. The average Bonchev–Trinajstić information content (AvgIpc) is 3.64. The molecule has 1 aliphatic carbocycles. The highest BCUT2D eigenvalue weighted by Gasteiger charge is 2.19. The molecular weight excluding hydrogens is 400 g/mol. The van der Waals surface area contributed by atoms with E-state index in [2.05, 4.69) is 39.8 Å². The van der Waals surface area contributed by atoms with E-state index < -0.39 is 0 Å². The van der Waals surface area contributed by atoms with E-state index in [9.17, 15) is 5.11 Å². The normalized spacial score (nSPS) is 11.9. The minimum Gasteiger partial charge on any atom is -0.396 e. The van der Waals surface area contributed by atoms with Crippen molar-refractivity contribution in [2.24, 2.45) is 5.92 Å². The first-order valence-corrected chi connectivity index (χ1v) is 10.8. The van der Waals surface area contributed by atoms with Crippen LogP contribution in [0.4, 0.5) is 11.6 Å². The lowest BCUT2D eigenvalue weighted by Crippen LogP contribution is -2.00. The lowest BCUT2D eigenvalue weighted by molar-refractivity contribution is 0.299. The molecule has 7 heteroatoms. The number of fused-ring (bicyclic) bond motifs is 1. The quantitative estimate of drug-likeness (QED) is 0.481. The molecular formula is C25H32N6O. The number of hydrogen-bond donors (Lipinski definition) is 3. The molecule has 4 rings (SSSR count). The zero-order valence-electron chi connectivity index (χ0n) is 18.9. The maximum Gasteiger partial charge on any atom is 0.133 e. The van der Waals surface area contributed by atoms with E-state index in [-0.39, 0.29) is 6.61 Å². The van der Waals surface area contributed by atoms with Crippen molar-refractivity contribution in [3.63, 3.8) is 0 Å². The predicted molar refractivity (Wildman–Crippen MR) is 131 cm³/mol. The Hall–Kier alpha value is -3.50. The van der Waals surface area contributed by atoms with Crippen LogP contribution in [0.2, 0.25) is 0 Å². The minimum absolute atomic E-state index is 0.0773. The summed E-state index contributed by atoms with van der Waals surface area (Å²) in [6.07, 6.45) is 12.1. The molecule has 1 saturated carbocycles. The van der Waals surface area contributed by atoms with E-state index in [1.807, 2.05) is 31.3 Å². The summed E-state index contributed by atoms with van der Waals surface area (Å²) in [6.45, 7) is 5.62. The Morgan fingerprint density at radius 2 is 2.09 bits per heavy atom. The topological polar surface area (TPSA) is 121 Å². The van der Waals surface area contributed by atoms with Gasteiger partial charge in [-0.3, -0.25) is 4.98 Å². The third kappa shape index (κ3) is 7.33. The molecule has 4 N–H and O–H groups in total. The molecule has 0 aromatic carbocycles. The molecule has 0 radical (unpaired) electrons. The van der Waals surface area contributed by atoms with Crippen LogP contribution in [-0.2, 0) is 6.42 Å². The van der Waals surface area contributed by atoms with Gasteiger partial charge in [0.05, 0.1) is 11.8 Å². The van der Waals surface area contributed by atoms with Crippen LogP contribution in [0.25, 0.3) is 22.0 Å². The highest BCUT2D eigenvalue weighted by Crippen LogP contribution is 2.31. The van der Waals surface area contributed by atoms with E-state index in [1.165, 1.54) is 12.8 Å². The Morgan fingerprint density at radius 3 is 2.66 bits per heavy atom. The van der Waals surface area contributed by atoms with Gasteiger partial charge in [0.25, 0.3) is 0 Å². The molecule has 0 amide bonds. The number of aliphatic hydroxyl groups excluding tert-OH is 1. The zero-order chi connectivity index (χ0) is 23.3. The fraction of sp³-hybridized carbons (Fsp3) is 0.360. The maximum atomic E-state index is 9.20. The largest absolute Gasteiger partial charge is 0.396 e. The van der Waals surface area contributed by atoms with Crippen molar-refractivity contribution >= 4 is 22.4 Å². The highest BCUT2D eigenvalue weighted by molar-refractivity contribution is 5.94. The third-order valence-electron chi connectivity index (χ3n) is 4.94. The summed E-state index contributed by atoms with van der Waals surface area (Å²) < 4.78 is 0. The van der Waals surface area contributed by atoms with Gasteiger partial charge < -0.3 is 16.2 Å². The number of nitriles is 1. The molecule has 3 heterocycles.